The molecule has 1 atom stereocenters. The molecule has 0 aromatic heterocycles. The minimum atomic E-state index is -0.411. The van der Waals surface area contributed by atoms with Gasteiger partial charge in [0.2, 0.25) is 5.91 Å². The van der Waals surface area contributed by atoms with Crippen LogP contribution in [0.3, 0.4) is 0 Å². The number of hydrogen-bond acceptors (Lipinski definition) is 3. The van der Waals surface area contributed by atoms with Crippen LogP contribution < -0.4 is 4.74 Å². The molecule has 0 fully saturated rings. The van der Waals surface area contributed by atoms with Crippen LogP contribution in [0.4, 0.5) is 4.39 Å². The minimum Gasteiger partial charge on any atom is -0.497 e. The number of benzene rings is 2. The second kappa shape index (κ2) is 7.87. The third-order valence-corrected chi connectivity index (χ3v) is 4.96. The van der Waals surface area contributed by atoms with Gasteiger partial charge in [0.25, 0.3) is 0 Å². The summed E-state index contributed by atoms with van der Waals surface area (Å²) in [4.78, 5) is 17.0. The lowest BCUT2D eigenvalue weighted by molar-refractivity contribution is -0.136. The highest BCUT2D eigenvalue weighted by Crippen LogP contribution is 2.25. The van der Waals surface area contributed by atoms with Crippen LogP contribution in [0.25, 0.3) is 0 Å². The van der Waals surface area contributed by atoms with E-state index in [-0.39, 0.29) is 11.7 Å². The highest BCUT2D eigenvalue weighted by atomic mass is 19.1. The molecule has 0 N–H and O–H groups in total. The Morgan fingerprint density at radius 3 is 2.35 bits per heavy atom. The maximum absolute atomic E-state index is 13.3. The highest BCUT2D eigenvalue weighted by Gasteiger charge is 2.29. The van der Waals surface area contributed by atoms with Crippen molar-refractivity contribution in [3.05, 3.63) is 65.0 Å². The van der Waals surface area contributed by atoms with Crippen LogP contribution in [0.15, 0.2) is 42.5 Å². The first kappa shape index (κ1) is 18.4. The number of hydrogen-bond donors (Lipinski definition) is 0. The van der Waals surface area contributed by atoms with Gasteiger partial charge in [-0.2, -0.15) is 0 Å². The molecular formula is C21H25FN2O2. The molecule has 0 radical (unpaired) electrons. The Bertz CT molecular complexity index is 774. The molecule has 2 aromatic rings. The summed E-state index contributed by atoms with van der Waals surface area (Å²) in [6.45, 7) is 1.36. The molecule has 5 heteroatoms. The molecule has 138 valence electrons. The Morgan fingerprint density at radius 2 is 1.73 bits per heavy atom. The fourth-order valence-electron chi connectivity index (χ4n) is 3.53. The Morgan fingerprint density at radius 1 is 1.08 bits per heavy atom. The van der Waals surface area contributed by atoms with Gasteiger partial charge in [-0.25, -0.2) is 4.39 Å². The average molecular weight is 356 g/mol. The lowest BCUT2D eigenvalue weighted by Crippen LogP contribution is -2.41. The minimum absolute atomic E-state index is 0.0568. The van der Waals surface area contributed by atoms with Gasteiger partial charge in [0, 0.05) is 13.1 Å². The van der Waals surface area contributed by atoms with E-state index in [4.69, 9.17) is 4.74 Å². The number of ether oxygens (including phenoxy) is 1. The van der Waals surface area contributed by atoms with Crippen LogP contribution in [0.5, 0.6) is 5.75 Å². The molecule has 3 rings (SSSR count). The largest absolute Gasteiger partial charge is 0.497 e. The number of halogens is 1. The fourth-order valence-corrected chi connectivity index (χ4v) is 3.53. The molecule has 4 nitrogen and oxygen atoms in total. The van der Waals surface area contributed by atoms with Crippen molar-refractivity contribution in [1.82, 2.24) is 9.80 Å². The number of carbonyl (C=O) groups excluding carboxylic acids is 1. The van der Waals surface area contributed by atoms with E-state index >= 15 is 0 Å². The summed E-state index contributed by atoms with van der Waals surface area (Å²) in [7, 11) is 5.42. The predicted molar refractivity (Wildman–Crippen MR) is 99.8 cm³/mol. The quantitative estimate of drug-likeness (QED) is 0.844. The number of likely N-dealkylation sites (N-methyl/N-ethyl adjacent to an activating group) is 1. The zero-order valence-electron chi connectivity index (χ0n) is 15.5. The van der Waals surface area contributed by atoms with Gasteiger partial charge in [-0.15, -0.1) is 0 Å². The van der Waals surface area contributed by atoms with Crippen LogP contribution in [0.2, 0.25) is 0 Å². The molecule has 1 heterocycles. The molecule has 0 spiro atoms. The van der Waals surface area contributed by atoms with Crippen molar-refractivity contribution in [2.75, 3.05) is 34.3 Å². The standard InChI is InChI=1S/C21H25FN2O2/c1-23(2)20(16-4-7-18(22)8-5-16)21(25)24-12-10-15-6-9-19(26-3)14-17(15)11-13-24/h4-9,14,20H,10-13H2,1-3H3/t20-/m1/s1. The lowest BCUT2D eigenvalue weighted by Gasteiger charge is -2.30. The van der Waals surface area contributed by atoms with Crippen molar-refractivity contribution in [1.29, 1.82) is 0 Å². The molecule has 2 aromatic carbocycles. The zero-order valence-corrected chi connectivity index (χ0v) is 15.5. The van der Waals surface area contributed by atoms with E-state index in [1.807, 2.05) is 30.0 Å². The molecule has 0 saturated carbocycles. The van der Waals surface area contributed by atoms with E-state index in [0.29, 0.717) is 13.1 Å². The lowest BCUT2D eigenvalue weighted by atomic mass is 10.0. The van der Waals surface area contributed by atoms with Gasteiger partial charge in [0.15, 0.2) is 0 Å². The number of fused-ring (bicyclic) bond motifs is 1. The molecule has 26 heavy (non-hydrogen) atoms. The molecular weight excluding hydrogens is 331 g/mol. The Labute approximate surface area is 154 Å². The molecule has 0 saturated heterocycles. The van der Waals surface area contributed by atoms with E-state index in [1.54, 1.807) is 19.2 Å². The normalized spacial score (nSPS) is 15.3. The first-order valence-electron chi connectivity index (χ1n) is 8.86. The summed E-state index contributed by atoms with van der Waals surface area (Å²) in [5.74, 6) is 0.611. The van der Waals surface area contributed by atoms with E-state index in [2.05, 4.69) is 12.1 Å². The number of amides is 1. The second-order valence-electron chi connectivity index (χ2n) is 6.88. The molecule has 1 aliphatic rings. The summed E-state index contributed by atoms with van der Waals surface area (Å²) < 4.78 is 18.6. The number of nitrogens with zero attached hydrogens (tertiary/aromatic N) is 2. The summed E-state index contributed by atoms with van der Waals surface area (Å²) in [6, 6.07) is 11.9. The highest BCUT2D eigenvalue weighted by molar-refractivity contribution is 5.83. The molecule has 1 amide bonds. The second-order valence-corrected chi connectivity index (χ2v) is 6.88. The maximum Gasteiger partial charge on any atom is 0.244 e. The Hall–Kier alpha value is -2.40. The van der Waals surface area contributed by atoms with Gasteiger partial charge < -0.3 is 9.64 Å². The van der Waals surface area contributed by atoms with Crippen molar-refractivity contribution in [3.63, 3.8) is 0 Å². The number of carbonyl (C=O) groups is 1. The predicted octanol–water partition coefficient (Wildman–Crippen LogP) is 3.06. The molecule has 0 aliphatic carbocycles. The zero-order chi connectivity index (χ0) is 18.7. The first-order chi connectivity index (χ1) is 12.5. The van der Waals surface area contributed by atoms with E-state index < -0.39 is 6.04 Å². The smallest absolute Gasteiger partial charge is 0.244 e. The number of rotatable bonds is 4. The molecule has 1 aliphatic heterocycles. The van der Waals surface area contributed by atoms with Crippen molar-refractivity contribution in [2.24, 2.45) is 0 Å². The first-order valence-corrected chi connectivity index (χ1v) is 8.86. The van der Waals surface area contributed by atoms with Gasteiger partial charge in [-0.1, -0.05) is 18.2 Å². The molecule has 0 unspecified atom stereocenters. The van der Waals surface area contributed by atoms with Crippen LogP contribution in [0.1, 0.15) is 22.7 Å². The third-order valence-electron chi connectivity index (χ3n) is 4.96. The Balaban J connectivity index is 1.79. The van der Waals surface area contributed by atoms with Crippen molar-refractivity contribution >= 4 is 5.91 Å². The SMILES string of the molecule is COc1ccc2c(c1)CCN(C(=O)[C@@H](c1ccc(F)cc1)N(C)C)CC2. The fraction of sp³-hybridized carbons (Fsp3) is 0.381. The molecule has 0 bridgehead atoms. The van der Waals surface area contributed by atoms with Gasteiger partial charge >= 0.3 is 0 Å². The third kappa shape index (κ3) is 3.88. The van der Waals surface area contributed by atoms with E-state index in [1.165, 1.54) is 23.3 Å². The van der Waals surface area contributed by atoms with Crippen molar-refractivity contribution in [3.8, 4) is 5.75 Å². The van der Waals surface area contributed by atoms with Gasteiger partial charge in [-0.3, -0.25) is 9.69 Å². The van der Waals surface area contributed by atoms with Crippen LogP contribution in [-0.2, 0) is 17.6 Å². The topological polar surface area (TPSA) is 32.8 Å². The van der Waals surface area contributed by atoms with Crippen LogP contribution >= 0.6 is 0 Å². The van der Waals surface area contributed by atoms with Gasteiger partial charge in [0.1, 0.15) is 17.6 Å². The van der Waals surface area contributed by atoms with Crippen LogP contribution in [-0.4, -0.2) is 50.0 Å². The van der Waals surface area contributed by atoms with E-state index in [9.17, 15) is 9.18 Å². The summed E-state index contributed by atoms with van der Waals surface area (Å²) in [5, 5.41) is 0. The monoisotopic (exact) mass is 356 g/mol. The van der Waals surface area contributed by atoms with Crippen molar-refractivity contribution in [2.45, 2.75) is 18.9 Å². The summed E-state index contributed by atoms with van der Waals surface area (Å²) >= 11 is 0. The Kier molecular flexibility index (Phi) is 5.57. The average Bonchev–Trinajstić information content (AvgIpc) is 2.85. The van der Waals surface area contributed by atoms with Crippen LogP contribution in [0, 0.1) is 5.82 Å². The van der Waals surface area contributed by atoms with E-state index in [0.717, 1.165) is 24.2 Å². The maximum atomic E-state index is 13.3. The number of methoxy groups -OCH3 is 1. The summed E-state index contributed by atoms with van der Waals surface area (Å²) in [6.07, 6.45) is 1.64. The van der Waals surface area contributed by atoms with Gasteiger partial charge in [0.05, 0.1) is 7.11 Å². The summed E-state index contributed by atoms with van der Waals surface area (Å²) in [5.41, 5.74) is 3.32. The van der Waals surface area contributed by atoms with Gasteiger partial charge in [-0.05, 0) is 67.9 Å². The van der Waals surface area contributed by atoms with Crippen molar-refractivity contribution < 1.29 is 13.9 Å².